The predicted molar refractivity (Wildman–Crippen MR) is 95.8 cm³/mol. The van der Waals surface area contributed by atoms with Gasteiger partial charge in [0, 0.05) is 17.3 Å². The van der Waals surface area contributed by atoms with Crippen molar-refractivity contribution in [2.24, 2.45) is 0 Å². The van der Waals surface area contributed by atoms with E-state index in [0.717, 1.165) is 11.1 Å². The standard InChI is InChI=1S/C20H21NO4/c1-12-5-7-16(8-6-12)9-10-18(24)25-11-17(23)20-13(2)19(15(4)22)14(3)21-20/h5-10,21H,11H2,1-4H3/b10-9+. The normalized spacial score (nSPS) is 10.9. The summed E-state index contributed by atoms with van der Waals surface area (Å²) >= 11 is 0. The molecule has 0 amide bonds. The molecule has 0 saturated heterocycles. The lowest BCUT2D eigenvalue weighted by molar-refractivity contribution is -0.136. The lowest BCUT2D eigenvalue weighted by Crippen LogP contribution is -2.14. The molecule has 0 aliphatic carbocycles. The first-order valence-electron chi connectivity index (χ1n) is 7.94. The quantitative estimate of drug-likeness (QED) is 0.496. The fraction of sp³-hybridized carbons (Fsp3) is 0.250. The van der Waals surface area contributed by atoms with Gasteiger partial charge in [0.25, 0.3) is 0 Å². The van der Waals surface area contributed by atoms with E-state index < -0.39 is 5.97 Å². The number of esters is 1. The first kappa shape index (κ1) is 18.4. The maximum Gasteiger partial charge on any atom is 0.331 e. The molecule has 130 valence electrons. The number of hydrogen-bond acceptors (Lipinski definition) is 4. The highest BCUT2D eigenvalue weighted by molar-refractivity contribution is 6.04. The van der Waals surface area contributed by atoms with Gasteiger partial charge in [-0.2, -0.15) is 0 Å². The zero-order chi connectivity index (χ0) is 18.6. The van der Waals surface area contributed by atoms with Gasteiger partial charge in [-0.1, -0.05) is 29.8 Å². The highest BCUT2D eigenvalue weighted by atomic mass is 16.5. The molecule has 0 aliphatic heterocycles. The molecule has 2 aromatic rings. The molecule has 0 saturated carbocycles. The largest absolute Gasteiger partial charge is 0.454 e. The number of benzene rings is 1. The summed E-state index contributed by atoms with van der Waals surface area (Å²) in [5.41, 5.74) is 4.04. The van der Waals surface area contributed by atoms with Crippen LogP contribution in [0.3, 0.4) is 0 Å². The lowest BCUT2D eigenvalue weighted by atomic mass is 10.1. The molecule has 0 aliphatic rings. The van der Waals surface area contributed by atoms with Gasteiger partial charge in [0.2, 0.25) is 5.78 Å². The van der Waals surface area contributed by atoms with E-state index in [4.69, 9.17) is 4.74 Å². The van der Waals surface area contributed by atoms with Crippen LogP contribution >= 0.6 is 0 Å². The summed E-state index contributed by atoms with van der Waals surface area (Å²) < 4.78 is 4.99. The first-order chi connectivity index (χ1) is 11.8. The molecular formula is C20H21NO4. The van der Waals surface area contributed by atoms with Crippen LogP contribution in [0.15, 0.2) is 30.3 Å². The Morgan fingerprint density at radius 3 is 2.28 bits per heavy atom. The van der Waals surface area contributed by atoms with Crippen LogP contribution in [-0.2, 0) is 9.53 Å². The van der Waals surface area contributed by atoms with Crippen LogP contribution in [0.4, 0.5) is 0 Å². The van der Waals surface area contributed by atoms with Crippen molar-refractivity contribution in [2.45, 2.75) is 27.7 Å². The highest BCUT2D eigenvalue weighted by Gasteiger charge is 2.20. The van der Waals surface area contributed by atoms with Crippen molar-refractivity contribution < 1.29 is 19.1 Å². The summed E-state index contributed by atoms with van der Waals surface area (Å²) in [6, 6.07) is 7.66. The van der Waals surface area contributed by atoms with E-state index in [0.29, 0.717) is 22.5 Å². The molecule has 1 aromatic carbocycles. The Kier molecular flexibility index (Phi) is 5.70. The zero-order valence-corrected chi connectivity index (χ0v) is 14.8. The molecule has 0 spiro atoms. The van der Waals surface area contributed by atoms with Gasteiger partial charge in [-0.3, -0.25) is 9.59 Å². The Labute approximate surface area is 146 Å². The number of carbonyl (C=O) groups is 3. The number of ketones is 2. The number of aryl methyl sites for hydroxylation is 2. The molecule has 1 heterocycles. The van der Waals surface area contributed by atoms with Crippen molar-refractivity contribution >= 4 is 23.6 Å². The molecule has 1 N–H and O–H groups in total. The number of Topliss-reactive ketones (excluding diaryl/α,β-unsaturated/α-hetero) is 2. The van der Waals surface area contributed by atoms with E-state index in [-0.39, 0.29) is 18.2 Å². The summed E-state index contributed by atoms with van der Waals surface area (Å²) in [7, 11) is 0. The van der Waals surface area contributed by atoms with Crippen LogP contribution < -0.4 is 0 Å². The number of ether oxygens (including phenoxy) is 1. The molecule has 2 rings (SSSR count). The van der Waals surface area contributed by atoms with E-state index in [9.17, 15) is 14.4 Å². The number of hydrogen-bond donors (Lipinski definition) is 1. The minimum Gasteiger partial charge on any atom is -0.454 e. The second-order valence-corrected chi connectivity index (χ2v) is 5.96. The average Bonchev–Trinajstić information content (AvgIpc) is 2.86. The number of nitrogens with one attached hydrogen (secondary N) is 1. The molecule has 0 atom stereocenters. The molecule has 0 unspecified atom stereocenters. The van der Waals surface area contributed by atoms with Gasteiger partial charge in [0.1, 0.15) is 0 Å². The minimum absolute atomic E-state index is 0.108. The molecular weight excluding hydrogens is 318 g/mol. The maximum absolute atomic E-state index is 12.2. The fourth-order valence-corrected chi connectivity index (χ4v) is 2.66. The van der Waals surface area contributed by atoms with Crippen LogP contribution in [0.2, 0.25) is 0 Å². The maximum atomic E-state index is 12.2. The Hall–Kier alpha value is -2.95. The number of carbonyl (C=O) groups excluding carboxylic acids is 3. The van der Waals surface area contributed by atoms with Crippen molar-refractivity contribution in [3.05, 3.63) is 64.0 Å². The Morgan fingerprint density at radius 1 is 1.08 bits per heavy atom. The van der Waals surface area contributed by atoms with Gasteiger partial charge in [-0.25, -0.2) is 4.79 Å². The Balaban J connectivity index is 1.98. The van der Waals surface area contributed by atoms with E-state index in [1.54, 1.807) is 19.9 Å². The molecule has 5 nitrogen and oxygen atoms in total. The minimum atomic E-state index is -0.596. The van der Waals surface area contributed by atoms with E-state index >= 15 is 0 Å². The van der Waals surface area contributed by atoms with Gasteiger partial charge in [-0.05, 0) is 44.9 Å². The Morgan fingerprint density at radius 2 is 1.72 bits per heavy atom. The van der Waals surface area contributed by atoms with Gasteiger partial charge in [-0.15, -0.1) is 0 Å². The summed E-state index contributed by atoms with van der Waals surface area (Å²) in [5.74, 6) is -1.07. The van der Waals surface area contributed by atoms with Crippen LogP contribution in [0.5, 0.6) is 0 Å². The van der Waals surface area contributed by atoms with Crippen molar-refractivity contribution in [2.75, 3.05) is 6.61 Å². The monoisotopic (exact) mass is 339 g/mol. The van der Waals surface area contributed by atoms with Gasteiger partial charge in [0.05, 0.1) is 5.69 Å². The average molecular weight is 339 g/mol. The van der Waals surface area contributed by atoms with Crippen molar-refractivity contribution in [3.63, 3.8) is 0 Å². The molecule has 0 bridgehead atoms. The molecule has 0 radical (unpaired) electrons. The van der Waals surface area contributed by atoms with Gasteiger partial charge < -0.3 is 9.72 Å². The second kappa shape index (κ2) is 7.75. The summed E-state index contributed by atoms with van der Waals surface area (Å²) in [5, 5.41) is 0. The third-order valence-corrected chi connectivity index (χ3v) is 3.90. The summed E-state index contributed by atoms with van der Waals surface area (Å²) in [4.78, 5) is 38.5. The van der Waals surface area contributed by atoms with Crippen LogP contribution in [0.1, 0.15) is 50.2 Å². The fourth-order valence-electron chi connectivity index (χ4n) is 2.66. The van der Waals surface area contributed by atoms with Gasteiger partial charge in [0.15, 0.2) is 12.4 Å². The second-order valence-electron chi connectivity index (χ2n) is 5.96. The lowest BCUT2D eigenvalue weighted by Gasteiger charge is -2.02. The molecule has 1 aromatic heterocycles. The van der Waals surface area contributed by atoms with Crippen molar-refractivity contribution in [1.29, 1.82) is 0 Å². The van der Waals surface area contributed by atoms with Crippen molar-refractivity contribution in [1.82, 2.24) is 4.98 Å². The third-order valence-electron chi connectivity index (χ3n) is 3.90. The zero-order valence-electron chi connectivity index (χ0n) is 14.8. The summed E-state index contributed by atoms with van der Waals surface area (Å²) in [6.45, 7) is 6.49. The first-order valence-corrected chi connectivity index (χ1v) is 7.94. The third kappa shape index (κ3) is 4.53. The number of aromatic amines is 1. The highest BCUT2D eigenvalue weighted by Crippen LogP contribution is 2.19. The van der Waals surface area contributed by atoms with E-state index in [2.05, 4.69) is 4.98 Å². The molecule has 25 heavy (non-hydrogen) atoms. The molecule has 5 heteroatoms. The number of aromatic nitrogens is 1. The smallest absolute Gasteiger partial charge is 0.331 e. The predicted octanol–water partition coefficient (Wildman–Crippen LogP) is 3.58. The number of H-pyrrole nitrogens is 1. The topological polar surface area (TPSA) is 76.2 Å². The van der Waals surface area contributed by atoms with Crippen LogP contribution in [-0.4, -0.2) is 29.1 Å². The van der Waals surface area contributed by atoms with E-state index in [1.165, 1.54) is 13.0 Å². The summed E-state index contributed by atoms with van der Waals surface area (Å²) in [6.07, 6.45) is 2.91. The Bertz CT molecular complexity index is 841. The SMILES string of the molecule is CC(=O)c1c(C)[nH]c(C(=O)COC(=O)/C=C/c2ccc(C)cc2)c1C. The molecule has 0 fully saturated rings. The van der Waals surface area contributed by atoms with Crippen LogP contribution in [0, 0.1) is 20.8 Å². The van der Waals surface area contributed by atoms with E-state index in [1.807, 2.05) is 31.2 Å². The van der Waals surface area contributed by atoms with Gasteiger partial charge >= 0.3 is 5.97 Å². The van der Waals surface area contributed by atoms with Crippen molar-refractivity contribution in [3.8, 4) is 0 Å². The van der Waals surface area contributed by atoms with Crippen LogP contribution in [0.25, 0.3) is 6.08 Å². The number of rotatable bonds is 6.